The van der Waals surface area contributed by atoms with Gasteiger partial charge in [-0.2, -0.15) is 0 Å². The smallest absolute Gasteiger partial charge is 0.0734 e. The second kappa shape index (κ2) is 3.11. The zero-order chi connectivity index (χ0) is 9.42. The highest BCUT2D eigenvalue weighted by atomic mass is 79.9. The van der Waals surface area contributed by atoms with Crippen molar-refractivity contribution in [2.45, 2.75) is 13.8 Å². The molecule has 0 spiro atoms. The van der Waals surface area contributed by atoms with E-state index in [0.717, 1.165) is 9.99 Å². The highest BCUT2D eigenvalue weighted by Gasteiger charge is 2.01. The van der Waals surface area contributed by atoms with Crippen molar-refractivity contribution < 1.29 is 0 Å². The second-order valence-electron chi connectivity index (χ2n) is 3.23. The molecule has 0 aliphatic rings. The van der Waals surface area contributed by atoms with Crippen molar-refractivity contribution in [2.75, 3.05) is 0 Å². The molecule has 0 radical (unpaired) electrons. The molecule has 13 heavy (non-hydrogen) atoms. The van der Waals surface area contributed by atoms with E-state index in [1.807, 2.05) is 6.20 Å². The average Bonchev–Trinajstić information content (AvgIpc) is 2.12. The van der Waals surface area contributed by atoms with E-state index in [-0.39, 0.29) is 0 Å². The minimum absolute atomic E-state index is 1.03. The number of fused-ring (bicyclic) bond motifs is 1. The van der Waals surface area contributed by atoms with Gasteiger partial charge < -0.3 is 0 Å². The zero-order valence-electron chi connectivity index (χ0n) is 7.63. The Balaban J connectivity index is 2.87. The van der Waals surface area contributed by atoms with Gasteiger partial charge in [-0.25, -0.2) is 0 Å². The quantitative estimate of drug-likeness (QED) is 0.680. The molecule has 1 aromatic carbocycles. The lowest BCUT2D eigenvalue weighted by molar-refractivity contribution is 1.30. The third kappa shape index (κ3) is 1.46. The first-order chi connectivity index (χ1) is 6.18. The van der Waals surface area contributed by atoms with Crippen LogP contribution in [0.3, 0.4) is 0 Å². The maximum absolute atomic E-state index is 4.39. The first kappa shape index (κ1) is 8.70. The van der Waals surface area contributed by atoms with E-state index in [4.69, 9.17) is 0 Å². The Kier molecular flexibility index (Phi) is 2.08. The molecule has 0 atom stereocenters. The molecule has 0 amide bonds. The zero-order valence-corrected chi connectivity index (χ0v) is 9.22. The van der Waals surface area contributed by atoms with Crippen LogP contribution in [0.15, 0.2) is 28.9 Å². The van der Waals surface area contributed by atoms with Gasteiger partial charge in [-0.05, 0) is 47.0 Å². The van der Waals surface area contributed by atoms with Crippen LogP contribution in [-0.4, -0.2) is 4.98 Å². The Hall–Kier alpha value is -0.890. The van der Waals surface area contributed by atoms with Crippen LogP contribution in [0.25, 0.3) is 10.9 Å². The summed E-state index contributed by atoms with van der Waals surface area (Å²) in [5.74, 6) is 0. The van der Waals surface area contributed by atoms with Gasteiger partial charge in [0.15, 0.2) is 0 Å². The van der Waals surface area contributed by atoms with Crippen LogP contribution in [0.2, 0.25) is 0 Å². The molecule has 0 aliphatic carbocycles. The number of benzene rings is 1. The predicted octanol–water partition coefficient (Wildman–Crippen LogP) is 3.61. The van der Waals surface area contributed by atoms with Crippen LogP contribution in [0.4, 0.5) is 0 Å². The molecular weight excluding hydrogens is 226 g/mol. The Morgan fingerprint density at radius 1 is 1.23 bits per heavy atom. The van der Waals surface area contributed by atoms with Crippen molar-refractivity contribution in [3.05, 3.63) is 40.0 Å². The number of hydrogen-bond donors (Lipinski definition) is 0. The number of pyridine rings is 1. The lowest BCUT2D eigenvalue weighted by Crippen LogP contribution is -1.86. The largest absolute Gasteiger partial charge is 0.255 e. The first-order valence-electron chi connectivity index (χ1n) is 4.20. The summed E-state index contributed by atoms with van der Waals surface area (Å²) in [6.07, 6.45) is 1.84. The number of rotatable bonds is 0. The lowest BCUT2D eigenvalue weighted by atomic mass is 10.1. The highest BCUT2D eigenvalue weighted by molar-refractivity contribution is 9.10. The molecule has 0 saturated carbocycles. The summed E-state index contributed by atoms with van der Waals surface area (Å²) in [5, 5.41) is 1.19. The van der Waals surface area contributed by atoms with E-state index in [0.29, 0.717) is 0 Å². The van der Waals surface area contributed by atoms with Gasteiger partial charge in [0.25, 0.3) is 0 Å². The summed E-state index contributed by atoms with van der Waals surface area (Å²) in [6.45, 7) is 4.22. The van der Waals surface area contributed by atoms with Crippen LogP contribution in [0, 0.1) is 13.8 Å². The summed E-state index contributed by atoms with van der Waals surface area (Å²) in [6, 6.07) is 6.33. The molecule has 2 heteroatoms. The van der Waals surface area contributed by atoms with Gasteiger partial charge >= 0.3 is 0 Å². The van der Waals surface area contributed by atoms with E-state index >= 15 is 0 Å². The molecule has 2 aromatic rings. The van der Waals surface area contributed by atoms with Gasteiger partial charge in [0.05, 0.1) is 5.52 Å². The maximum Gasteiger partial charge on any atom is 0.0734 e. The average molecular weight is 236 g/mol. The molecule has 0 saturated heterocycles. The summed E-state index contributed by atoms with van der Waals surface area (Å²) in [4.78, 5) is 4.39. The summed E-state index contributed by atoms with van der Waals surface area (Å²) in [7, 11) is 0. The maximum atomic E-state index is 4.39. The fourth-order valence-electron chi connectivity index (χ4n) is 1.42. The fraction of sp³-hybridized carbons (Fsp3) is 0.182. The molecular formula is C11H10BrN. The third-order valence-corrected chi connectivity index (χ3v) is 2.78. The molecule has 0 bridgehead atoms. The first-order valence-corrected chi connectivity index (χ1v) is 4.99. The number of aryl methyl sites for hydroxylation is 2. The van der Waals surface area contributed by atoms with Crippen LogP contribution in [-0.2, 0) is 0 Å². The molecule has 0 N–H and O–H groups in total. The van der Waals surface area contributed by atoms with Gasteiger partial charge in [0.1, 0.15) is 0 Å². The van der Waals surface area contributed by atoms with E-state index in [1.54, 1.807) is 0 Å². The predicted molar refractivity (Wildman–Crippen MR) is 58.9 cm³/mol. The van der Waals surface area contributed by atoms with Crippen molar-refractivity contribution in [3.63, 3.8) is 0 Å². The molecule has 66 valence electrons. The molecule has 0 aliphatic heterocycles. The third-order valence-electron chi connectivity index (χ3n) is 2.34. The van der Waals surface area contributed by atoms with Crippen molar-refractivity contribution in [2.24, 2.45) is 0 Å². The van der Waals surface area contributed by atoms with Crippen molar-refractivity contribution in [1.29, 1.82) is 0 Å². The Morgan fingerprint density at radius 2 is 2.00 bits per heavy atom. The number of hydrogen-bond acceptors (Lipinski definition) is 1. The number of halogens is 1. The number of aromatic nitrogens is 1. The topological polar surface area (TPSA) is 12.9 Å². The minimum Gasteiger partial charge on any atom is -0.255 e. The number of nitrogens with zero attached hydrogens (tertiary/aromatic N) is 1. The van der Waals surface area contributed by atoms with Crippen LogP contribution in [0.1, 0.15) is 11.1 Å². The van der Waals surface area contributed by atoms with Crippen molar-refractivity contribution >= 4 is 26.8 Å². The van der Waals surface area contributed by atoms with Gasteiger partial charge in [0, 0.05) is 16.1 Å². The summed E-state index contributed by atoms with van der Waals surface area (Å²) in [5.41, 5.74) is 3.66. The van der Waals surface area contributed by atoms with E-state index in [9.17, 15) is 0 Å². The molecule has 2 rings (SSSR count). The van der Waals surface area contributed by atoms with E-state index in [1.165, 1.54) is 16.5 Å². The van der Waals surface area contributed by atoms with Crippen molar-refractivity contribution in [3.8, 4) is 0 Å². The van der Waals surface area contributed by atoms with Gasteiger partial charge in [-0.3, -0.25) is 4.98 Å². The highest BCUT2D eigenvalue weighted by Crippen LogP contribution is 2.21. The molecule has 0 unspecified atom stereocenters. The SMILES string of the molecule is Cc1ccc2cc(Br)cnc2c1C. The lowest BCUT2D eigenvalue weighted by Gasteiger charge is -2.04. The summed E-state index contributed by atoms with van der Waals surface area (Å²) < 4.78 is 1.03. The monoisotopic (exact) mass is 235 g/mol. The van der Waals surface area contributed by atoms with Crippen LogP contribution < -0.4 is 0 Å². The normalized spacial score (nSPS) is 10.7. The van der Waals surface area contributed by atoms with E-state index in [2.05, 4.69) is 53.0 Å². The summed E-state index contributed by atoms with van der Waals surface area (Å²) >= 11 is 3.41. The standard InChI is InChI=1S/C11H10BrN/c1-7-3-4-9-5-10(12)6-13-11(9)8(7)2/h3-6H,1-2H3. The minimum atomic E-state index is 1.03. The van der Waals surface area contributed by atoms with Crippen LogP contribution >= 0.6 is 15.9 Å². The van der Waals surface area contributed by atoms with E-state index < -0.39 is 0 Å². The Morgan fingerprint density at radius 3 is 2.77 bits per heavy atom. The second-order valence-corrected chi connectivity index (χ2v) is 4.15. The molecule has 1 aromatic heterocycles. The molecule has 1 nitrogen and oxygen atoms in total. The fourth-order valence-corrected chi connectivity index (χ4v) is 1.77. The van der Waals surface area contributed by atoms with Gasteiger partial charge in [-0.1, -0.05) is 12.1 Å². The molecule has 1 heterocycles. The van der Waals surface area contributed by atoms with Crippen molar-refractivity contribution in [1.82, 2.24) is 4.98 Å². The van der Waals surface area contributed by atoms with Gasteiger partial charge in [0.2, 0.25) is 0 Å². The van der Waals surface area contributed by atoms with Crippen LogP contribution in [0.5, 0.6) is 0 Å². The Labute approximate surface area is 85.9 Å². The molecule has 0 fully saturated rings. The van der Waals surface area contributed by atoms with Gasteiger partial charge in [-0.15, -0.1) is 0 Å². The Bertz CT molecular complexity index is 463.